The minimum Gasteiger partial charge on any atom is -0.322 e. The molecule has 0 aliphatic carbocycles. The van der Waals surface area contributed by atoms with Gasteiger partial charge in [-0.15, -0.1) is 0 Å². The molecule has 1 N–H and O–H groups in total. The number of halogens is 1. The molecule has 0 radical (unpaired) electrons. The molecule has 2 amide bonds. The number of fused-ring (bicyclic) bond motifs is 1. The van der Waals surface area contributed by atoms with E-state index >= 15 is 0 Å². The molecule has 1 heterocycles. The van der Waals surface area contributed by atoms with Gasteiger partial charge in [0, 0.05) is 33.7 Å². The van der Waals surface area contributed by atoms with Crippen molar-refractivity contribution in [2.24, 2.45) is 0 Å². The molecule has 1 unspecified atom stereocenters. The Morgan fingerprint density at radius 2 is 1.67 bits per heavy atom. The third kappa shape index (κ3) is 4.10. The van der Waals surface area contributed by atoms with E-state index in [1.54, 1.807) is 13.0 Å². The third-order valence-electron chi connectivity index (χ3n) is 6.64. The van der Waals surface area contributed by atoms with Gasteiger partial charge in [-0.2, -0.15) is 0 Å². The Labute approximate surface area is 204 Å². The zero-order chi connectivity index (χ0) is 24.0. The molecule has 0 fully saturated rings. The molecule has 33 heavy (non-hydrogen) atoms. The van der Waals surface area contributed by atoms with Crippen molar-refractivity contribution in [1.82, 2.24) is 0 Å². The molecule has 3 aromatic carbocycles. The molecular weight excluding hydrogens is 476 g/mol. The van der Waals surface area contributed by atoms with Crippen LogP contribution in [0.15, 0.2) is 71.2 Å². The van der Waals surface area contributed by atoms with Crippen LogP contribution in [0.1, 0.15) is 61.2 Å². The lowest BCUT2D eigenvalue weighted by molar-refractivity contribution is -0.117. The largest absolute Gasteiger partial charge is 0.322 e. The minimum atomic E-state index is -0.360. The van der Waals surface area contributed by atoms with Gasteiger partial charge < -0.3 is 10.2 Å². The smallest absolute Gasteiger partial charge is 0.256 e. The lowest BCUT2D eigenvalue weighted by Crippen LogP contribution is -2.55. The van der Waals surface area contributed by atoms with Crippen LogP contribution in [0.3, 0.4) is 0 Å². The van der Waals surface area contributed by atoms with Crippen molar-refractivity contribution in [3.8, 4) is 0 Å². The second-order valence-corrected chi connectivity index (χ2v) is 10.5. The van der Waals surface area contributed by atoms with E-state index in [1.165, 1.54) is 5.56 Å². The van der Waals surface area contributed by atoms with Crippen LogP contribution in [-0.2, 0) is 10.2 Å². The maximum atomic E-state index is 13.1. The lowest BCUT2D eigenvalue weighted by atomic mass is 9.65. The fourth-order valence-corrected chi connectivity index (χ4v) is 5.74. The van der Waals surface area contributed by atoms with Gasteiger partial charge in [-0.1, -0.05) is 49.4 Å². The number of nitrogens with one attached hydrogen (secondary N) is 1. The minimum absolute atomic E-state index is 0.0110. The molecule has 3 aromatic rings. The van der Waals surface area contributed by atoms with Gasteiger partial charge in [-0.3, -0.25) is 9.59 Å². The average Bonchev–Trinajstić information content (AvgIpc) is 2.75. The number of rotatable bonds is 3. The Hall–Kier alpha value is -2.92. The second-order valence-electron chi connectivity index (χ2n) is 9.66. The van der Waals surface area contributed by atoms with Gasteiger partial charge in [0.1, 0.15) is 0 Å². The fraction of sp³-hybridized carbons (Fsp3) is 0.286. The molecule has 0 bridgehead atoms. The van der Waals surface area contributed by atoms with Crippen molar-refractivity contribution in [1.29, 1.82) is 0 Å². The van der Waals surface area contributed by atoms with E-state index in [9.17, 15) is 9.59 Å². The summed E-state index contributed by atoms with van der Waals surface area (Å²) in [5.74, 6) is -0.164. The maximum absolute atomic E-state index is 13.1. The average molecular weight is 505 g/mol. The highest BCUT2D eigenvalue weighted by Gasteiger charge is 2.47. The van der Waals surface area contributed by atoms with Gasteiger partial charge in [0.15, 0.2) is 0 Å². The molecule has 0 spiro atoms. The number of hydrogen-bond acceptors (Lipinski definition) is 2. The first-order valence-electron chi connectivity index (χ1n) is 11.1. The maximum Gasteiger partial charge on any atom is 0.256 e. The van der Waals surface area contributed by atoms with Crippen LogP contribution in [-0.4, -0.2) is 17.4 Å². The van der Waals surface area contributed by atoms with Gasteiger partial charge in [0.25, 0.3) is 5.91 Å². The van der Waals surface area contributed by atoms with Crippen molar-refractivity contribution in [2.75, 3.05) is 10.2 Å². The van der Waals surface area contributed by atoms with E-state index in [-0.39, 0.29) is 22.8 Å². The van der Waals surface area contributed by atoms with E-state index in [2.05, 4.69) is 54.2 Å². The molecular formula is C28H29BrN2O2. The van der Waals surface area contributed by atoms with E-state index in [0.717, 1.165) is 27.7 Å². The third-order valence-corrected chi connectivity index (χ3v) is 7.70. The molecule has 1 aliphatic heterocycles. The Morgan fingerprint density at radius 3 is 2.33 bits per heavy atom. The lowest BCUT2D eigenvalue weighted by Gasteiger charge is -2.51. The van der Waals surface area contributed by atoms with Gasteiger partial charge in [-0.05, 0) is 84.1 Å². The topological polar surface area (TPSA) is 49.4 Å². The van der Waals surface area contributed by atoms with Crippen LogP contribution in [0.25, 0.3) is 0 Å². The fourth-order valence-electron chi connectivity index (χ4n) is 5.30. The standard InChI is InChI=1S/C28H29BrN2O2/c1-18-10-9-13-22(25(18)29)26(33)30-21-14-15-24-23(16-21)28(5,20-11-7-6-8-12-20)17-27(3,4)31(24)19(2)32/h6-16H,17H2,1-5H3,(H,30,33). The van der Waals surface area contributed by atoms with Gasteiger partial charge in [-0.25, -0.2) is 0 Å². The van der Waals surface area contributed by atoms with Gasteiger partial charge in [0.05, 0.1) is 5.56 Å². The number of nitrogens with zero attached hydrogens (tertiary/aromatic N) is 1. The first-order chi connectivity index (χ1) is 15.5. The van der Waals surface area contributed by atoms with E-state index in [0.29, 0.717) is 11.3 Å². The van der Waals surface area contributed by atoms with Crippen LogP contribution in [0.2, 0.25) is 0 Å². The Bertz CT molecular complexity index is 1240. The number of aryl methyl sites for hydroxylation is 1. The number of anilines is 2. The van der Waals surface area contributed by atoms with Crippen LogP contribution >= 0.6 is 15.9 Å². The Balaban J connectivity index is 1.83. The highest BCUT2D eigenvalue weighted by Crippen LogP contribution is 2.51. The highest BCUT2D eigenvalue weighted by atomic mass is 79.9. The van der Waals surface area contributed by atoms with Crippen LogP contribution < -0.4 is 10.2 Å². The van der Waals surface area contributed by atoms with Crippen LogP contribution in [0, 0.1) is 6.92 Å². The molecule has 4 rings (SSSR count). The summed E-state index contributed by atoms with van der Waals surface area (Å²) >= 11 is 3.53. The molecule has 0 saturated heterocycles. The van der Waals surface area contributed by atoms with Gasteiger partial charge in [0.2, 0.25) is 5.91 Å². The zero-order valence-corrected chi connectivity index (χ0v) is 21.3. The quantitative estimate of drug-likeness (QED) is 0.423. The Morgan fingerprint density at radius 1 is 0.970 bits per heavy atom. The number of benzene rings is 3. The van der Waals surface area contributed by atoms with E-state index in [4.69, 9.17) is 0 Å². The van der Waals surface area contributed by atoms with Crippen LogP contribution in [0.5, 0.6) is 0 Å². The summed E-state index contributed by atoms with van der Waals surface area (Å²) in [5.41, 5.74) is 4.72. The number of hydrogen-bond donors (Lipinski definition) is 1. The molecule has 5 heteroatoms. The Kier molecular flexibility index (Phi) is 5.95. The highest BCUT2D eigenvalue weighted by molar-refractivity contribution is 9.10. The summed E-state index contributed by atoms with van der Waals surface area (Å²) in [6.07, 6.45) is 0.761. The SMILES string of the molecule is CC(=O)N1c2ccc(NC(=O)c3cccc(C)c3Br)cc2C(C)(c2ccccc2)CC1(C)C. The van der Waals surface area contributed by atoms with Crippen molar-refractivity contribution in [2.45, 2.75) is 52.0 Å². The summed E-state index contributed by atoms with van der Waals surface area (Å²) in [6.45, 7) is 10.0. The van der Waals surface area contributed by atoms with Crippen molar-refractivity contribution in [3.05, 3.63) is 93.5 Å². The van der Waals surface area contributed by atoms with E-state index < -0.39 is 0 Å². The predicted octanol–water partition coefficient (Wildman–Crippen LogP) is 6.85. The molecule has 1 aliphatic rings. The summed E-state index contributed by atoms with van der Waals surface area (Å²) in [4.78, 5) is 27.6. The molecule has 170 valence electrons. The summed E-state index contributed by atoms with van der Waals surface area (Å²) in [6, 6.07) is 21.9. The molecule has 0 aromatic heterocycles. The first-order valence-corrected chi connectivity index (χ1v) is 11.9. The first kappa shape index (κ1) is 23.2. The summed E-state index contributed by atoms with van der Waals surface area (Å²) < 4.78 is 0.791. The van der Waals surface area contributed by atoms with E-state index in [1.807, 2.05) is 60.4 Å². The molecule has 0 saturated carbocycles. The van der Waals surface area contributed by atoms with Crippen molar-refractivity contribution in [3.63, 3.8) is 0 Å². The summed E-state index contributed by atoms with van der Waals surface area (Å²) in [7, 11) is 0. The molecule has 1 atom stereocenters. The zero-order valence-electron chi connectivity index (χ0n) is 19.7. The van der Waals surface area contributed by atoms with Crippen molar-refractivity contribution >= 4 is 39.1 Å². The predicted molar refractivity (Wildman–Crippen MR) is 138 cm³/mol. The number of carbonyl (C=O) groups is 2. The summed E-state index contributed by atoms with van der Waals surface area (Å²) in [5, 5.41) is 3.06. The van der Waals surface area contributed by atoms with Crippen molar-refractivity contribution < 1.29 is 9.59 Å². The van der Waals surface area contributed by atoms with Gasteiger partial charge >= 0.3 is 0 Å². The second kappa shape index (κ2) is 8.45. The van der Waals surface area contributed by atoms with Crippen LogP contribution in [0.4, 0.5) is 11.4 Å². The number of amides is 2. The number of carbonyl (C=O) groups excluding carboxylic acids is 2. The monoisotopic (exact) mass is 504 g/mol. The molecule has 4 nitrogen and oxygen atoms in total. The normalized spacial score (nSPS) is 19.0.